The number of fused-ring (bicyclic) bond motifs is 1. The van der Waals surface area contributed by atoms with Gasteiger partial charge < -0.3 is 15.5 Å². The topological polar surface area (TPSA) is 44.4 Å². The predicted octanol–water partition coefficient (Wildman–Crippen LogP) is 3.81. The SMILES string of the molecule is CN(C)C(CNC(=O)NC1CCCc2ccccc21)c1cccc(F)c1. The zero-order valence-corrected chi connectivity index (χ0v) is 15.3. The van der Waals surface area contributed by atoms with Crippen molar-refractivity contribution in [3.8, 4) is 0 Å². The maximum Gasteiger partial charge on any atom is 0.315 e. The van der Waals surface area contributed by atoms with Crippen molar-refractivity contribution in [3.63, 3.8) is 0 Å². The number of amides is 2. The van der Waals surface area contributed by atoms with E-state index in [0.717, 1.165) is 24.8 Å². The fourth-order valence-corrected chi connectivity index (χ4v) is 3.61. The van der Waals surface area contributed by atoms with E-state index in [-0.39, 0.29) is 23.9 Å². The van der Waals surface area contributed by atoms with Crippen LogP contribution in [0.15, 0.2) is 48.5 Å². The zero-order valence-electron chi connectivity index (χ0n) is 15.3. The number of hydrogen-bond donors (Lipinski definition) is 2. The first-order chi connectivity index (χ1) is 12.5. The summed E-state index contributed by atoms with van der Waals surface area (Å²) in [6.07, 6.45) is 3.09. The molecule has 1 aliphatic rings. The third-order valence-electron chi connectivity index (χ3n) is 4.99. The molecule has 2 amide bonds. The van der Waals surface area contributed by atoms with Crippen LogP contribution in [0.25, 0.3) is 0 Å². The van der Waals surface area contributed by atoms with Crippen molar-refractivity contribution >= 4 is 6.03 Å². The summed E-state index contributed by atoms with van der Waals surface area (Å²) < 4.78 is 13.5. The van der Waals surface area contributed by atoms with Crippen LogP contribution >= 0.6 is 0 Å². The van der Waals surface area contributed by atoms with Crippen LogP contribution in [0.3, 0.4) is 0 Å². The van der Waals surface area contributed by atoms with Crippen LogP contribution in [-0.2, 0) is 6.42 Å². The molecule has 0 aliphatic heterocycles. The molecule has 0 fully saturated rings. The maximum atomic E-state index is 13.5. The molecule has 2 aromatic rings. The van der Waals surface area contributed by atoms with Crippen LogP contribution in [0, 0.1) is 5.82 Å². The van der Waals surface area contributed by atoms with Crippen LogP contribution in [-0.4, -0.2) is 31.6 Å². The number of halogens is 1. The highest BCUT2D eigenvalue weighted by atomic mass is 19.1. The number of urea groups is 1. The van der Waals surface area contributed by atoms with E-state index < -0.39 is 0 Å². The number of aryl methyl sites for hydroxylation is 1. The number of benzene rings is 2. The lowest BCUT2D eigenvalue weighted by molar-refractivity contribution is 0.228. The van der Waals surface area contributed by atoms with Gasteiger partial charge in [0.1, 0.15) is 5.82 Å². The molecule has 0 heterocycles. The largest absolute Gasteiger partial charge is 0.336 e. The lowest BCUT2D eigenvalue weighted by atomic mass is 9.88. The Balaban J connectivity index is 1.61. The summed E-state index contributed by atoms with van der Waals surface area (Å²) in [6, 6.07) is 14.6. The van der Waals surface area contributed by atoms with E-state index >= 15 is 0 Å². The third kappa shape index (κ3) is 4.41. The fourth-order valence-electron chi connectivity index (χ4n) is 3.61. The Bertz CT molecular complexity index is 762. The van der Waals surface area contributed by atoms with E-state index in [1.165, 1.54) is 23.3 Å². The fraction of sp³-hybridized carbons (Fsp3) is 0.381. The van der Waals surface area contributed by atoms with Gasteiger partial charge in [0.25, 0.3) is 0 Å². The van der Waals surface area contributed by atoms with Crippen molar-refractivity contribution in [3.05, 3.63) is 71.0 Å². The Morgan fingerprint density at radius 3 is 2.81 bits per heavy atom. The Hall–Kier alpha value is -2.40. The quantitative estimate of drug-likeness (QED) is 0.857. The number of rotatable bonds is 5. The molecule has 0 bridgehead atoms. The van der Waals surface area contributed by atoms with E-state index in [9.17, 15) is 9.18 Å². The zero-order chi connectivity index (χ0) is 18.5. The second-order valence-corrected chi connectivity index (χ2v) is 7.03. The number of nitrogens with zero attached hydrogens (tertiary/aromatic N) is 1. The van der Waals surface area contributed by atoms with Gasteiger partial charge >= 0.3 is 6.03 Å². The first-order valence-electron chi connectivity index (χ1n) is 9.08. The molecular weight excluding hydrogens is 329 g/mol. The second-order valence-electron chi connectivity index (χ2n) is 7.03. The number of carbonyl (C=O) groups excluding carboxylic acids is 1. The highest BCUT2D eigenvalue weighted by Gasteiger charge is 2.22. The van der Waals surface area contributed by atoms with Gasteiger partial charge in [0.2, 0.25) is 0 Å². The Morgan fingerprint density at radius 1 is 1.23 bits per heavy atom. The van der Waals surface area contributed by atoms with Gasteiger partial charge in [-0.15, -0.1) is 0 Å². The molecule has 3 rings (SSSR count). The normalized spacial score (nSPS) is 17.5. The maximum absolute atomic E-state index is 13.5. The van der Waals surface area contributed by atoms with Crippen molar-refractivity contribution in [1.82, 2.24) is 15.5 Å². The average molecular weight is 355 g/mol. The molecule has 2 aromatic carbocycles. The van der Waals surface area contributed by atoms with Gasteiger partial charge in [-0.3, -0.25) is 0 Å². The highest BCUT2D eigenvalue weighted by molar-refractivity contribution is 5.74. The number of nitrogens with one attached hydrogen (secondary N) is 2. The minimum Gasteiger partial charge on any atom is -0.336 e. The molecule has 4 nitrogen and oxygen atoms in total. The van der Waals surface area contributed by atoms with Gasteiger partial charge in [0.15, 0.2) is 0 Å². The first-order valence-corrected chi connectivity index (χ1v) is 9.08. The molecular formula is C21H26FN3O. The van der Waals surface area contributed by atoms with Crippen molar-refractivity contribution in [2.45, 2.75) is 31.3 Å². The molecule has 5 heteroatoms. The van der Waals surface area contributed by atoms with Crippen LogP contribution in [0.5, 0.6) is 0 Å². The summed E-state index contributed by atoms with van der Waals surface area (Å²) in [7, 11) is 3.85. The van der Waals surface area contributed by atoms with E-state index in [1.54, 1.807) is 6.07 Å². The summed E-state index contributed by atoms with van der Waals surface area (Å²) in [5.41, 5.74) is 3.37. The van der Waals surface area contributed by atoms with Crippen LogP contribution in [0.1, 0.15) is 41.6 Å². The Morgan fingerprint density at radius 2 is 2.04 bits per heavy atom. The van der Waals surface area contributed by atoms with E-state index in [1.807, 2.05) is 37.2 Å². The molecule has 1 aliphatic carbocycles. The van der Waals surface area contributed by atoms with Gasteiger partial charge in [-0.05, 0) is 62.2 Å². The summed E-state index contributed by atoms with van der Waals surface area (Å²) in [5, 5.41) is 6.04. The Labute approximate surface area is 154 Å². The predicted molar refractivity (Wildman–Crippen MR) is 101 cm³/mol. The molecule has 0 radical (unpaired) electrons. The second kappa shape index (κ2) is 8.32. The number of likely N-dealkylation sites (N-methyl/N-ethyl adjacent to an activating group) is 1. The van der Waals surface area contributed by atoms with Crippen molar-refractivity contribution in [1.29, 1.82) is 0 Å². The minimum atomic E-state index is -0.266. The third-order valence-corrected chi connectivity index (χ3v) is 4.99. The summed E-state index contributed by atoms with van der Waals surface area (Å²) in [4.78, 5) is 14.4. The molecule has 0 saturated heterocycles. The van der Waals surface area contributed by atoms with E-state index in [2.05, 4.69) is 22.8 Å². The molecule has 0 aromatic heterocycles. The molecule has 0 saturated carbocycles. The lowest BCUT2D eigenvalue weighted by Gasteiger charge is -2.28. The molecule has 138 valence electrons. The van der Waals surface area contributed by atoms with Gasteiger partial charge in [0.05, 0.1) is 12.1 Å². The van der Waals surface area contributed by atoms with Crippen molar-refractivity contribution in [2.75, 3.05) is 20.6 Å². The average Bonchev–Trinajstić information content (AvgIpc) is 2.62. The van der Waals surface area contributed by atoms with Crippen molar-refractivity contribution in [2.24, 2.45) is 0 Å². The minimum absolute atomic E-state index is 0.0481. The highest BCUT2D eigenvalue weighted by Crippen LogP contribution is 2.29. The van der Waals surface area contributed by atoms with Gasteiger partial charge in [-0.2, -0.15) is 0 Å². The van der Waals surface area contributed by atoms with Gasteiger partial charge in [-0.1, -0.05) is 36.4 Å². The summed E-state index contributed by atoms with van der Waals surface area (Å²) in [5.74, 6) is -0.266. The Kier molecular flexibility index (Phi) is 5.89. The standard InChI is InChI=1S/C21H26FN3O/c1-25(2)20(16-9-5-10-17(22)13-16)14-23-21(26)24-19-12-6-8-15-7-3-4-11-18(15)19/h3-5,7,9-11,13,19-20H,6,8,12,14H2,1-2H3,(H2,23,24,26). The summed E-state index contributed by atoms with van der Waals surface area (Å²) in [6.45, 7) is 0.413. The van der Waals surface area contributed by atoms with Gasteiger partial charge in [0, 0.05) is 6.54 Å². The van der Waals surface area contributed by atoms with E-state index in [0.29, 0.717) is 6.54 Å². The smallest absolute Gasteiger partial charge is 0.315 e. The van der Waals surface area contributed by atoms with Crippen LogP contribution in [0.2, 0.25) is 0 Å². The molecule has 2 N–H and O–H groups in total. The van der Waals surface area contributed by atoms with E-state index in [4.69, 9.17) is 0 Å². The summed E-state index contributed by atoms with van der Waals surface area (Å²) >= 11 is 0. The lowest BCUT2D eigenvalue weighted by Crippen LogP contribution is -2.42. The first kappa shape index (κ1) is 18.4. The monoisotopic (exact) mass is 355 g/mol. The number of hydrogen-bond acceptors (Lipinski definition) is 2. The van der Waals surface area contributed by atoms with Crippen LogP contribution < -0.4 is 10.6 Å². The van der Waals surface area contributed by atoms with Crippen LogP contribution in [0.4, 0.5) is 9.18 Å². The number of carbonyl (C=O) groups is 1. The molecule has 2 atom stereocenters. The van der Waals surface area contributed by atoms with Crippen molar-refractivity contribution < 1.29 is 9.18 Å². The van der Waals surface area contributed by atoms with Gasteiger partial charge in [-0.25, -0.2) is 9.18 Å². The molecule has 2 unspecified atom stereocenters. The molecule has 26 heavy (non-hydrogen) atoms. The molecule has 0 spiro atoms.